The highest BCUT2D eigenvalue weighted by atomic mass is 32.1. The van der Waals surface area contributed by atoms with Crippen LogP contribution in [0.15, 0.2) is 48.2 Å². The van der Waals surface area contributed by atoms with E-state index in [0.29, 0.717) is 34.4 Å². The molecule has 0 unspecified atom stereocenters. The first-order valence-electron chi connectivity index (χ1n) is 9.32. The number of thiazole rings is 1. The standard InChI is InChI=1S/C21H23N5O2S/c1-13(2)9-16(24-19(27)15-5-4-7-22-11-15)21-25-17(12-29-21)20(28)26-18-10-14(3)6-8-23-18/h4-8,10-13,16H,9H2,1-3H3,(H,24,27)(H,23,26,28)/t16-/m1/s1. The second kappa shape index (κ2) is 9.38. The first kappa shape index (κ1) is 20.6. The number of carbonyl (C=O) groups is 2. The lowest BCUT2D eigenvalue weighted by atomic mass is 10.0. The van der Waals surface area contributed by atoms with Crippen molar-refractivity contribution in [2.45, 2.75) is 33.2 Å². The summed E-state index contributed by atoms with van der Waals surface area (Å²) in [4.78, 5) is 37.7. The summed E-state index contributed by atoms with van der Waals surface area (Å²) in [6.45, 7) is 6.08. The fourth-order valence-electron chi connectivity index (χ4n) is 2.77. The van der Waals surface area contributed by atoms with Crippen LogP contribution in [0.25, 0.3) is 0 Å². The summed E-state index contributed by atoms with van der Waals surface area (Å²) in [7, 11) is 0. The normalized spacial score (nSPS) is 11.9. The molecular weight excluding hydrogens is 386 g/mol. The molecule has 150 valence electrons. The van der Waals surface area contributed by atoms with E-state index in [2.05, 4.69) is 39.4 Å². The van der Waals surface area contributed by atoms with E-state index < -0.39 is 0 Å². The minimum absolute atomic E-state index is 0.214. The summed E-state index contributed by atoms with van der Waals surface area (Å²) in [5.41, 5.74) is 1.79. The number of hydrogen-bond acceptors (Lipinski definition) is 6. The molecule has 29 heavy (non-hydrogen) atoms. The van der Waals surface area contributed by atoms with Gasteiger partial charge in [0.05, 0.1) is 11.6 Å². The zero-order chi connectivity index (χ0) is 20.8. The van der Waals surface area contributed by atoms with Crippen LogP contribution in [0.1, 0.15) is 57.7 Å². The topological polar surface area (TPSA) is 96.9 Å². The van der Waals surface area contributed by atoms with E-state index in [9.17, 15) is 9.59 Å². The van der Waals surface area contributed by atoms with Crippen LogP contribution in [-0.2, 0) is 0 Å². The van der Waals surface area contributed by atoms with E-state index in [1.165, 1.54) is 17.5 Å². The fourth-order valence-corrected chi connectivity index (χ4v) is 3.63. The van der Waals surface area contributed by atoms with Crippen molar-refractivity contribution in [1.29, 1.82) is 0 Å². The Balaban J connectivity index is 1.74. The zero-order valence-electron chi connectivity index (χ0n) is 16.5. The van der Waals surface area contributed by atoms with Gasteiger partial charge in [-0.1, -0.05) is 13.8 Å². The van der Waals surface area contributed by atoms with Gasteiger partial charge in [0.1, 0.15) is 16.5 Å². The molecule has 2 amide bonds. The van der Waals surface area contributed by atoms with Gasteiger partial charge in [0.15, 0.2) is 0 Å². The lowest BCUT2D eigenvalue weighted by Crippen LogP contribution is -2.29. The van der Waals surface area contributed by atoms with Crippen LogP contribution in [0.5, 0.6) is 0 Å². The van der Waals surface area contributed by atoms with Crippen molar-refractivity contribution in [3.8, 4) is 0 Å². The molecule has 0 saturated carbocycles. The first-order valence-corrected chi connectivity index (χ1v) is 10.2. The molecule has 0 aliphatic rings. The maximum absolute atomic E-state index is 12.6. The number of anilines is 1. The third kappa shape index (κ3) is 5.68. The monoisotopic (exact) mass is 409 g/mol. The molecule has 3 aromatic rings. The summed E-state index contributed by atoms with van der Waals surface area (Å²) < 4.78 is 0. The third-order valence-corrected chi connectivity index (χ3v) is 5.10. The number of aryl methyl sites for hydroxylation is 1. The van der Waals surface area contributed by atoms with Crippen molar-refractivity contribution in [3.05, 3.63) is 70.1 Å². The minimum Gasteiger partial charge on any atom is -0.343 e. The zero-order valence-corrected chi connectivity index (χ0v) is 17.4. The molecule has 0 spiro atoms. The van der Waals surface area contributed by atoms with Crippen molar-refractivity contribution >= 4 is 29.0 Å². The number of nitrogens with one attached hydrogen (secondary N) is 2. The van der Waals surface area contributed by atoms with Crippen molar-refractivity contribution < 1.29 is 9.59 Å². The Bertz CT molecular complexity index is 988. The van der Waals surface area contributed by atoms with Crippen LogP contribution in [-0.4, -0.2) is 26.8 Å². The van der Waals surface area contributed by atoms with E-state index in [4.69, 9.17) is 0 Å². The van der Waals surface area contributed by atoms with Gasteiger partial charge in [-0.3, -0.25) is 14.6 Å². The molecule has 0 saturated heterocycles. The second-order valence-electron chi connectivity index (χ2n) is 7.14. The number of rotatable bonds is 7. The number of aromatic nitrogens is 3. The van der Waals surface area contributed by atoms with Crippen LogP contribution in [0.3, 0.4) is 0 Å². The van der Waals surface area contributed by atoms with E-state index in [1.807, 2.05) is 13.0 Å². The number of carbonyl (C=O) groups excluding carboxylic acids is 2. The van der Waals surface area contributed by atoms with Crippen molar-refractivity contribution in [1.82, 2.24) is 20.3 Å². The van der Waals surface area contributed by atoms with E-state index in [1.54, 1.807) is 36.0 Å². The Morgan fingerprint density at radius 3 is 2.69 bits per heavy atom. The van der Waals surface area contributed by atoms with Gasteiger partial charge < -0.3 is 10.6 Å². The molecule has 3 aromatic heterocycles. The highest BCUT2D eigenvalue weighted by Crippen LogP contribution is 2.25. The van der Waals surface area contributed by atoms with Gasteiger partial charge in [0.2, 0.25) is 0 Å². The third-order valence-electron chi connectivity index (χ3n) is 4.15. The summed E-state index contributed by atoms with van der Waals surface area (Å²) in [6, 6.07) is 6.80. The van der Waals surface area contributed by atoms with Crippen LogP contribution in [0.4, 0.5) is 5.82 Å². The van der Waals surface area contributed by atoms with Gasteiger partial charge in [0, 0.05) is 24.0 Å². The summed E-state index contributed by atoms with van der Waals surface area (Å²) in [6.07, 6.45) is 5.50. The number of pyridine rings is 2. The number of hydrogen-bond donors (Lipinski definition) is 2. The maximum Gasteiger partial charge on any atom is 0.276 e. The number of nitrogens with zero attached hydrogens (tertiary/aromatic N) is 3. The molecule has 7 nitrogen and oxygen atoms in total. The highest BCUT2D eigenvalue weighted by molar-refractivity contribution is 7.10. The largest absolute Gasteiger partial charge is 0.343 e. The SMILES string of the molecule is Cc1ccnc(NC(=O)c2csc([C@@H](CC(C)C)NC(=O)c3cccnc3)n2)c1. The average Bonchev–Trinajstić information content (AvgIpc) is 3.18. The minimum atomic E-state index is -0.326. The number of amides is 2. The molecule has 0 bridgehead atoms. The molecule has 0 aliphatic heterocycles. The molecule has 0 radical (unpaired) electrons. The van der Waals surface area contributed by atoms with Crippen LogP contribution < -0.4 is 10.6 Å². The predicted octanol–water partition coefficient (Wildman–Crippen LogP) is 4.01. The van der Waals surface area contributed by atoms with E-state index in [-0.39, 0.29) is 17.9 Å². The van der Waals surface area contributed by atoms with Gasteiger partial charge in [-0.25, -0.2) is 9.97 Å². The maximum atomic E-state index is 12.6. The van der Waals surface area contributed by atoms with Crippen molar-refractivity contribution in [2.24, 2.45) is 5.92 Å². The molecule has 0 fully saturated rings. The Kier molecular flexibility index (Phi) is 6.66. The summed E-state index contributed by atoms with van der Waals surface area (Å²) >= 11 is 1.36. The van der Waals surface area contributed by atoms with Crippen LogP contribution in [0.2, 0.25) is 0 Å². The Morgan fingerprint density at radius 2 is 2.00 bits per heavy atom. The van der Waals surface area contributed by atoms with Gasteiger partial charge in [-0.15, -0.1) is 11.3 Å². The predicted molar refractivity (Wildman–Crippen MR) is 113 cm³/mol. The van der Waals surface area contributed by atoms with Gasteiger partial charge in [-0.05, 0) is 49.1 Å². The summed E-state index contributed by atoms with van der Waals surface area (Å²) in [5.74, 6) is 0.279. The molecule has 0 aromatic carbocycles. The molecule has 1 atom stereocenters. The van der Waals surface area contributed by atoms with Crippen molar-refractivity contribution in [2.75, 3.05) is 5.32 Å². The Labute approximate surface area is 173 Å². The van der Waals surface area contributed by atoms with Gasteiger partial charge in [-0.2, -0.15) is 0 Å². The Hall–Kier alpha value is -3.13. The smallest absolute Gasteiger partial charge is 0.276 e. The molecule has 8 heteroatoms. The average molecular weight is 410 g/mol. The second-order valence-corrected chi connectivity index (χ2v) is 8.03. The van der Waals surface area contributed by atoms with Crippen LogP contribution in [0, 0.1) is 12.8 Å². The van der Waals surface area contributed by atoms with Gasteiger partial charge >= 0.3 is 0 Å². The van der Waals surface area contributed by atoms with E-state index in [0.717, 1.165) is 5.56 Å². The molecule has 0 aliphatic carbocycles. The van der Waals surface area contributed by atoms with Crippen LogP contribution >= 0.6 is 11.3 Å². The molecular formula is C21H23N5O2S. The molecule has 3 rings (SSSR count). The highest BCUT2D eigenvalue weighted by Gasteiger charge is 2.22. The summed E-state index contributed by atoms with van der Waals surface area (Å²) in [5, 5.41) is 8.16. The lowest BCUT2D eigenvalue weighted by Gasteiger charge is -2.18. The fraction of sp³-hybridized carbons (Fsp3) is 0.286. The molecule has 3 heterocycles. The van der Waals surface area contributed by atoms with Gasteiger partial charge in [0.25, 0.3) is 11.8 Å². The van der Waals surface area contributed by atoms with Crippen molar-refractivity contribution in [3.63, 3.8) is 0 Å². The first-order chi connectivity index (χ1) is 13.9. The molecule has 2 N–H and O–H groups in total. The Morgan fingerprint density at radius 1 is 1.17 bits per heavy atom. The quantitative estimate of drug-likeness (QED) is 0.614. The lowest BCUT2D eigenvalue weighted by molar-refractivity contribution is 0.0931. The van der Waals surface area contributed by atoms with E-state index >= 15 is 0 Å².